The van der Waals surface area contributed by atoms with E-state index in [1.165, 1.54) is 109 Å². The van der Waals surface area contributed by atoms with E-state index in [1.807, 2.05) is 0 Å². The van der Waals surface area contributed by atoms with Crippen LogP contribution in [-0.4, -0.2) is 23.1 Å². The van der Waals surface area contributed by atoms with Gasteiger partial charge >= 0.3 is 11.9 Å². The lowest BCUT2D eigenvalue weighted by molar-refractivity contribution is -0.164. The van der Waals surface area contributed by atoms with E-state index in [2.05, 4.69) is 62.5 Å². The third-order valence-corrected chi connectivity index (χ3v) is 8.58. The number of hydrogen-bond acceptors (Lipinski definition) is 3. The van der Waals surface area contributed by atoms with E-state index in [9.17, 15) is 14.7 Å². The number of allylic oxidation sites excluding steroid dienone is 8. The number of carbonyl (C=O) groups is 2. The highest BCUT2D eigenvalue weighted by molar-refractivity contribution is 5.77. The number of rotatable bonds is 35. The molecule has 0 saturated heterocycles. The maximum atomic E-state index is 12.2. The van der Waals surface area contributed by atoms with Gasteiger partial charge in [0.2, 0.25) is 0 Å². The van der Waals surface area contributed by atoms with Gasteiger partial charge in [0.05, 0.1) is 0 Å². The minimum Gasteiger partial charge on any atom is -0.479 e. The molecule has 0 saturated carbocycles. The molecule has 0 spiro atoms. The molecule has 1 N–H and O–H groups in total. The summed E-state index contributed by atoms with van der Waals surface area (Å²) in [6.45, 7) is 4.51. The monoisotopic (exact) mass is 643 g/mol. The van der Waals surface area contributed by atoms with E-state index < -0.39 is 12.1 Å². The second-order valence-corrected chi connectivity index (χ2v) is 13.1. The smallest absolute Gasteiger partial charge is 0.345 e. The van der Waals surface area contributed by atoms with Crippen LogP contribution in [0.3, 0.4) is 0 Å². The molecule has 4 nitrogen and oxygen atoms in total. The molecular formula is C42H74O4. The Morgan fingerprint density at radius 3 is 1.26 bits per heavy atom. The summed E-state index contributed by atoms with van der Waals surface area (Å²) in [5, 5.41) is 9.49. The van der Waals surface area contributed by atoms with Gasteiger partial charge in [-0.05, 0) is 64.2 Å². The Hall–Kier alpha value is -2.10. The van der Waals surface area contributed by atoms with E-state index in [0.29, 0.717) is 12.8 Å². The first kappa shape index (κ1) is 43.9. The summed E-state index contributed by atoms with van der Waals surface area (Å²) in [6, 6.07) is 0. The number of carbonyl (C=O) groups excluding carboxylic acids is 1. The van der Waals surface area contributed by atoms with Crippen LogP contribution in [0.2, 0.25) is 0 Å². The highest BCUT2D eigenvalue weighted by Crippen LogP contribution is 2.16. The molecule has 46 heavy (non-hydrogen) atoms. The fourth-order valence-corrected chi connectivity index (χ4v) is 5.60. The summed E-state index contributed by atoms with van der Waals surface area (Å²) in [5.41, 5.74) is 0. The molecule has 0 aliphatic heterocycles. The molecule has 266 valence electrons. The lowest BCUT2D eigenvalue weighted by Crippen LogP contribution is -2.27. The van der Waals surface area contributed by atoms with E-state index in [4.69, 9.17) is 4.74 Å². The molecule has 0 amide bonds. The van der Waals surface area contributed by atoms with Gasteiger partial charge in [-0.3, -0.25) is 4.79 Å². The van der Waals surface area contributed by atoms with Crippen LogP contribution in [0.5, 0.6) is 0 Å². The second kappa shape index (κ2) is 37.4. The SMILES string of the molecule is CCCCC/C=C\C/C=C\C/C=C\C/C=C\CCCCCC(=O)OC(CCCCCCCCCCCCCCCCCC)C(=O)O. The van der Waals surface area contributed by atoms with E-state index in [0.717, 1.165) is 64.2 Å². The van der Waals surface area contributed by atoms with Gasteiger partial charge in [-0.1, -0.05) is 178 Å². The summed E-state index contributed by atoms with van der Waals surface area (Å²) in [5.74, 6) is -1.39. The Bertz CT molecular complexity index is 779. The van der Waals surface area contributed by atoms with E-state index in [-0.39, 0.29) is 5.97 Å². The van der Waals surface area contributed by atoms with Gasteiger partial charge in [-0.15, -0.1) is 0 Å². The van der Waals surface area contributed by atoms with Crippen LogP contribution in [0.25, 0.3) is 0 Å². The normalized spacial score (nSPS) is 12.7. The summed E-state index contributed by atoms with van der Waals surface area (Å²) in [4.78, 5) is 23.8. The molecule has 0 aliphatic rings. The molecule has 1 atom stereocenters. The van der Waals surface area contributed by atoms with Crippen LogP contribution in [-0.2, 0) is 14.3 Å². The molecular weight excluding hydrogens is 568 g/mol. The maximum Gasteiger partial charge on any atom is 0.345 e. The zero-order chi connectivity index (χ0) is 33.6. The van der Waals surface area contributed by atoms with Crippen LogP contribution in [0.1, 0.15) is 200 Å². The first-order valence-electron chi connectivity index (χ1n) is 19.6. The van der Waals surface area contributed by atoms with Crippen molar-refractivity contribution < 1.29 is 19.4 Å². The minimum absolute atomic E-state index is 0.303. The number of hydrogen-bond donors (Lipinski definition) is 1. The van der Waals surface area contributed by atoms with Crippen molar-refractivity contribution in [2.45, 2.75) is 206 Å². The number of esters is 1. The molecule has 0 rings (SSSR count). The zero-order valence-electron chi connectivity index (χ0n) is 30.4. The van der Waals surface area contributed by atoms with Crippen LogP contribution in [0.4, 0.5) is 0 Å². The highest BCUT2D eigenvalue weighted by Gasteiger charge is 2.21. The van der Waals surface area contributed by atoms with Gasteiger partial charge in [0.15, 0.2) is 6.10 Å². The number of carboxylic acid groups (broad SMARTS) is 1. The molecule has 0 aromatic heterocycles. The first-order chi connectivity index (χ1) is 22.6. The Kier molecular flexibility index (Phi) is 35.7. The Morgan fingerprint density at radius 1 is 0.478 bits per heavy atom. The third-order valence-electron chi connectivity index (χ3n) is 8.58. The van der Waals surface area contributed by atoms with Crippen molar-refractivity contribution in [3.63, 3.8) is 0 Å². The average Bonchev–Trinajstić information content (AvgIpc) is 3.05. The van der Waals surface area contributed by atoms with E-state index >= 15 is 0 Å². The molecule has 0 fully saturated rings. The van der Waals surface area contributed by atoms with Gasteiger partial charge in [-0.25, -0.2) is 4.79 Å². The van der Waals surface area contributed by atoms with Crippen LogP contribution in [0.15, 0.2) is 48.6 Å². The predicted molar refractivity (Wildman–Crippen MR) is 199 cm³/mol. The van der Waals surface area contributed by atoms with Gasteiger partial charge < -0.3 is 9.84 Å². The summed E-state index contributed by atoms with van der Waals surface area (Å²) in [7, 11) is 0. The molecule has 0 aromatic carbocycles. The minimum atomic E-state index is -1.02. The van der Waals surface area contributed by atoms with E-state index in [1.54, 1.807) is 0 Å². The van der Waals surface area contributed by atoms with Gasteiger partial charge in [0.1, 0.15) is 0 Å². The lowest BCUT2D eigenvalue weighted by Gasteiger charge is -2.13. The summed E-state index contributed by atoms with van der Waals surface area (Å²) >= 11 is 0. The van der Waals surface area contributed by atoms with Gasteiger partial charge in [-0.2, -0.15) is 0 Å². The van der Waals surface area contributed by atoms with Gasteiger partial charge in [0.25, 0.3) is 0 Å². The topological polar surface area (TPSA) is 63.6 Å². The quantitative estimate of drug-likeness (QED) is 0.0424. The number of ether oxygens (including phenoxy) is 1. The van der Waals surface area contributed by atoms with Crippen LogP contribution in [0, 0.1) is 0 Å². The fourth-order valence-electron chi connectivity index (χ4n) is 5.60. The van der Waals surface area contributed by atoms with Crippen molar-refractivity contribution in [1.82, 2.24) is 0 Å². The largest absolute Gasteiger partial charge is 0.479 e. The summed E-state index contributed by atoms with van der Waals surface area (Å²) in [6.07, 6.45) is 50.0. The molecule has 0 heterocycles. The van der Waals surface area contributed by atoms with Crippen LogP contribution < -0.4 is 0 Å². The number of aliphatic carboxylic acids is 1. The van der Waals surface area contributed by atoms with Crippen molar-refractivity contribution >= 4 is 11.9 Å². The van der Waals surface area contributed by atoms with Crippen molar-refractivity contribution in [2.75, 3.05) is 0 Å². The summed E-state index contributed by atoms with van der Waals surface area (Å²) < 4.78 is 5.31. The van der Waals surface area contributed by atoms with Crippen LogP contribution >= 0.6 is 0 Å². The average molecular weight is 643 g/mol. The molecule has 4 heteroatoms. The highest BCUT2D eigenvalue weighted by atomic mass is 16.6. The Labute approximate surface area is 285 Å². The standard InChI is InChI=1S/C42H74O4/c1-3-5-7-9-11-13-15-17-19-21-22-23-25-27-29-31-33-35-37-39-41(43)46-40(42(44)45)38-36-34-32-30-28-26-24-20-18-16-14-12-10-8-6-4-2/h11,13,17,19,22-23,27,29,40H,3-10,12,14-16,18,20-21,24-26,28,30-39H2,1-2H3,(H,44,45)/b13-11-,19-17-,23-22-,29-27-. The Balaban J connectivity index is 3.64. The molecule has 1 unspecified atom stereocenters. The van der Waals surface area contributed by atoms with Crippen molar-refractivity contribution in [3.05, 3.63) is 48.6 Å². The van der Waals surface area contributed by atoms with Crippen molar-refractivity contribution in [1.29, 1.82) is 0 Å². The molecule has 0 aromatic rings. The maximum absolute atomic E-state index is 12.2. The molecule has 0 aliphatic carbocycles. The third kappa shape index (κ3) is 34.8. The number of unbranched alkanes of at least 4 members (excludes halogenated alkanes) is 21. The van der Waals surface area contributed by atoms with Gasteiger partial charge in [0, 0.05) is 6.42 Å². The molecule has 0 radical (unpaired) electrons. The first-order valence-corrected chi connectivity index (χ1v) is 19.6. The predicted octanol–water partition coefficient (Wildman–Crippen LogP) is 13.6. The fraction of sp³-hybridized carbons (Fsp3) is 0.762. The van der Waals surface area contributed by atoms with Crippen molar-refractivity contribution in [2.24, 2.45) is 0 Å². The Morgan fingerprint density at radius 2 is 0.826 bits per heavy atom. The van der Waals surface area contributed by atoms with Crippen molar-refractivity contribution in [3.8, 4) is 0 Å². The lowest BCUT2D eigenvalue weighted by atomic mass is 10.0. The zero-order valence-corrected chi connectivity index (χ0v) is 30.4. The molecule has 0 bridgehead atoms. The second-order valence-electron chi connectivity index (χ2n) is 13.1. The number of carboxylic acids is 1.